The number of carboxylic acid groups (broad SMARTS) is 1. The number of benzene rings is 1. The minimum absolute atomic E-state index is 0.0315. The van der Waals surface area contributed by atoms with Crippen LogP contribution in [-0.2, 0) is 36.8 Å². The van der Waals surface area contributed by atoms with Crippen LogP contribution in [0.2, 0.25) is 0 Å². The SMILES string of the molecule is CC(C)CC(NC(=O)C(Cc1cnc[nH]1)NC(=O)C(N)Cc1c[nH]c2ccccc12)C(=O)NC(CCC(N)=O)C(=O)O. The van der Waals surface area contributed by atoms with E-state index in [2.05, 4.69) is 30.9 Å². The van der Waals surface area contributed by atoms with Gasteiger partial charge in [0.25, 0.3) is 0 Å². The molecule has 0 bridgehead atoms. The maximum absolute atomic E-state index is 13.5. The van der Waals surface area contributed by atoms with Crippen molar-refractivity contribution in [1.29, 1.82) is 0 Å². The molecule has 42 heavy (non-hydrogen) atoms. The number of hydrogen-bond acceptors (Lipinski definition) is 7. The quantitative estimate of drug-likeness (QED) is 0.113. The third-order valence-electron chi connectivity index (χ3n) is 6.70. The largest absolute Gasteiger partial charge is 0.480 e. The van der Waals surface area contributed by atoms with Crippen molar-refractivity contribution < 1.29 is 29.1 Å². The maximum Gasteiger partial charge on any atom is 0.326 e. The second-order valence-electron chi connectivity index (χ2n) is 10.6. The lowest BCUT2D eigenvalue weighted by atomic mass is 10.0. The van der Waals surface area contributed by atoms with Crippen LogP contribution in [0.25, 0.3) is 10.9 Å². The van der Waals surface area contributed by atoms with E-state index in [-0.39, 0.29) is 38.0 Å². The van der Waals surface area contributed by atoms with Crippen molar-refractivity contribution in [1.82, 2.24) is 30.9 Å². The number of para-hydroxylation sites is 1. The highest BCUT2D eigenvalue weighted by Crippen LogP contribution is 2.19. The number of H-pyrrole nitrogens is 2. The second-order valence-corrected chi connectivity index (χ2v) is 10.6. The number of fused-ring (bicyclic) bond motifs is 1. The fraction of sp³-hybridized carbons (Fsp3) is 0.429. The Morgan fingerprint density at radius 1 is 0.929 bits per heavy atom. The normalized spacial score (nSPS) is 14.1. The Morgan fingerprint density at radius 3 is 2.24 bits per heavy atom. The number of hydrogen-bond donors (Lipinski definition) is 8. The summed E-state index contributed by atoms with van der Waals surface area (Å²) in [5.74, 6) is -4.07. The minimum Gasteiger partial charge on any atom is -0.480 e. The molecule has 0 saturated heterocycles. The first-order valence-electron chi connectivity index (χ1n) is 13.6. The summed E-state index contributed by atoms with van der Waals surface area (Å²) in [5.41, 5.74) is 13.7. The Labute approximate surface area is 242 Å². The van der Waals surface area contributed by atoms with Crippen molar-refractivity contribution >= 4 is 40.5 Å². The zero-order valence-corrected chi connectivity index (χ0v) is 23.6. The zero-order valence-electron chi connectivity index (χ0n) is 23.6. The van der Waals surface area contributed by atoms with Crippen molar-refractivity contribution in [2.45, 2.75) is 70.1 Å². The van der Waals surface area contributed by atoms with Gasteiger partial charge in [0, 0.05) is 41.8 Å². The summed E-state index contributed by atoms with van der Waals surface area (Å²) in [7, 11) is 0. The monoisotopic (exact) mass is 582 g/mol. The highest BCUT2D eigenvalue weighted by molar-refractivity contribution is 5.94. The van der Waals surface area contributed by atoms with Crippen LogP contribution in [0, 0.1) is 5.92 Å². The Hall–Kier alpha value is -4.72. The highest BCUT2D eigenvalue weighted by atomic mass is 16.4. The Bertz CT molecular complexity index is 1390. The average Bonchev–Trinajstić information content (AvgIpc) is 3.59. The summed E-state index contributed by atoms with van der Waals surface area (Å²) in [6, 6.07) is 3.02. The van der Waals surface area contributed by atoms with Crippen LogP contribution in [-0.4, -0.2) is 73.8 Å². The van der Waals surface area contributed by atoms with Crippen LogP contribution in [0.5, 0.6) is 0 Å². The summed E-state index contributed by atoms with van der Waals surface area (Å²) >= 11 is 0. The molecule has 0 saturated carbocycles. The number of nitrogens with one attached hydrogen (secondary N) is 5. The second kappa shape index (κ2) is 14.8. The molecule has 4 atom stereocenters. The van der Waals surface area contributed by atoms with Gasteiger partial charge in [-0.1, -0.05) is 32.0 Å². The van der Waals surface area contributed by atoms with Gasteiger partial charge in [-0.05, 0) is 36.8 Å². The van der Waals surface area contributed by atoms with Gasteiger partial charge in [0.15, 0.2) is 0 Å². The summed E-state index contributed by atoms with van der Waals surface area (Å²) in [4.78, 5) is 72.5. The van der Waals surface area contributed by atoms with Gasteiger partial charge >= 0.3 is 5.97 Å². The molecule has 2 heterocycles. The smallest absolute Gasteiger partial charge is 0.326 e. The van der Waals surface area contributed by atoms with Crippen molar-refractivity contribution in [3.63, 3.8) is 0 Å². The van der Waals surface area contributed by atoms with E-state index in [1.165, 1.54) is 12.5 Å². The van der Waals surface area contributed by atoms with E-state index in [1.807, 2.05) is 38.1 Å². The molecule has 14 heteroatoms. The van der Waals surface area contributed by atoms with Gasteiger partial charge in [-0.3, -0.25) is 19.2 Å². The van der Waals surface area contributed by atoms with E-state index in [0.717, 1.165) is 16.5 Å². The molecule has 0 fully saturated rings. The first-order chi connectivity index (χ1) is 19.9. The van der Waals surface area contributed by atoms with Gasteiger partial charge in [-0.15, -0.1) is 0 Å². The zero-order chi connectivity index (χ0) is 30.8. The maximum atomic E-state index is 13.5. The van der Waals surface area contributed by atoms with Crippen LogP contribution in [0.1, 0.15) is 44.4 Å². The third-order valence-corrected chi connectivity index (χ3v) is 6.70. The van der Waals surface area contributed by atoms with Crippen molar-refractivity contribution in [3.8, 4) is 0 Å². The van der Waals surface area contributed by atoms with Gasteiger partial charge < -0.3 is 42.5 Å². The number of aromatic nitrogens is 3. The number of amides is 4. The molecule has 4 amide bonds. The van der Waals surface area contributed by atoms with Crippen LogP contribution in [0.3, 0.4) is 0 Å². The van der Waals surface area contributed by atoms with Crippen molar-refractivity contribution in [3.05, 3.63) is 54.2 Å². The number of carbonyl (C=O) groups is 5. The van der Waals surface area contributed by atoms with Gasteiger partial charge in [0.05, 0.1) is 12.4 Å². The molecule has 3 rings (SSSR count). The molecule has 0 aliphatic rings. The van der Waals surface area contributed by atoms with Crippen LogP contribution in [0.4, 0.5) is 0 Å². The molecule has 0 spiro atoms. The molecular weight excluding hydrogens is 544 g/mol. The van der Waals surface area contributed by atoms with Crippen molar-refractivity contribution in [2.24, 2.45) is 17.4 Å². The fourth-order valence-electron chi connectivity index (χ4n) is 4.53. The number of nitrogens with zero attached hydrogens (tertiary/aromatic N) is 1. The molecule has 226 valence electrons. The third kappa shape index (κ3) is 9.16. The molecular formula is C28H38N8O6. The Morgan fingerprint density at radius 2 is 1.60 bits per heavy atom. The van der Waals surface area contributed by atoms with E-state index in [9.17, 15) is 29.1 Å². The highest BCUT2D eigenvalue weighted by Gasteiger charge is 2.31. The summed E-state index contributed by atoms with van der Waals surface area (Å²) in [5, 5.41) is 18.1. The number of primary amides is 1. The van der Waals surface area contributed by atoms with Crippen LogP contribution < -0.4 is 27.4 Å². The molecule has 10 N–H and O–H groups in total. The number of aliphatic carboxylic acids is 1. The fourth-order valence-corrected chi connectivity index (χ4v) is 4.53. The predicted octanol–water partition coefficient (Wildman–Crippen LogP) is -0.146. The number of aromatic amines is 2. The minimum atomic E-state index is -1.38. The molecule has 4 unspecified atom stereocenters. The molecule has 0 aliphatic heterocycles. The number of carboxylic acids is 1. The molecule has 0 radical (unpaired) electrons. The molecule has 14 nitrogen and oxygen atoms in total. The van der Waals surface area contributed by atoms with E-state index in [4.69, 9.17) is 11.5 Å². The molecule has 0 aliphatic carbocycles. The van der Waals surface area contributed by atoms with Gasteiger partial charge in [0.2, 0.25) is 23.6 Å². The van der Waals surface area contributed by atoms with Gasteiger partial charge in [-0.2, -0.15) is 0 Å². The summed E-state index contributed by atoms with van der Waals surface area (Å²) in [6.45, 7) is 3.67. The van der Waals surface area contributed by atoms with Crippen LogP contribution >= 0.6 is 0 Å². The lowest BCUT2D eigenvalue weighted by molar-refractivity contribution is -0.142. The molecule has 2 aromatic heterocycles. The van der Waals surface area contributed by atoms with E-state index in [1.54, 1.807) is 6.20 Å². The van der Waals surface area contributed by atoms with Gasteiger partial charge in [0.1, 0.15) is 18.1 Å². The Kier molecular flexibility index (Phi) is 11.2. The topological polar surface area (TPSA) is 238 Å². The number of carbonyl (C=O) groups excluding carboxylic acids is 4. The number of imidazole rings is 1. The van der Waals surface area contributed by atoms with Crippen LogP contribution in [0.15, 0.2) is 43.0 Å². The first-order valence-corrected chi connectivity index (χ1v) is 13.6. The van der Waals surface area contributed by atoms with Crippen molar-refractivity contribution in [2.75, 3.05) is 0 Å². The Balaban J connectivity index is 1.74. The van der Waals surface area contributed by atoms with E-state index in [0.29, 0.717) is 5.69 Å². The summed E-state index contributed by atoms with van der Waals surface area (Å²) in [6.07, 6.45) is 4.72. The number of rotatable bonds is 16. The standard InChI is InChI=1S/C28H38N8O6/c1-15(2)9-22(26(39)34-21(28(41)42)7-8-24(30)37)36-27(40)23(11-17-13-31-14-33-17)35-25(38)19(29)10-16-12-32-20-6-4-3-5-18(16)20/h3-6,12-15,19,21-23,32H,7-11,29H2,1-2H3,(H2,30,37)(H,31,33)(H,34,39)(H,35,38)(H,36,40)(H,41,42). The van der Waals surface area contributed by atoms with E-state index < -0.39 is 53.8 Å². The lowest BCUT2D eigenvalue weighted by Crippen LogP contribution is -2.58. The predicted molar refractivity (Wildman–Crippen MR) is 154 cm³/mol. The van der Waals surface area contributed by atoms with Gasteiger partial charge in [-0.25, -0.2) is 9.78 Å². The van der Waals surface area contributed by atoms with E-state index >= 15 is 0 Å². The summed E-state index contributed by atoms with van der Waals surface area (Å²) < 4.78 is 0. The lowest BCUT2D eigenvalue weighted by Gasteiger charge is -2.26. The molecule has 3 aromatic rings. The average molecular weight is 583 g/mol. The number of nitrogens with two attached hydrogens (primary N) is 2. The molecule has 1 aromatic carbocycles. The first kappa shape index (κ1) is 31.8.